The van der Waals surface area contributed by atoms with Crippen LogP contribution in [0.3, 0.4) is 0 Å². The molecule has 5 atom stereocenters. The second kappa shape index (κ2) is 14.9. The first kappa shape index (κ1) is 34.1. The fourth-order valence-electron chi connectivity index (χ4n) is 7.21. The lowest BCUT2D eigenvalue weighted by Gasteiger charge is -2.22. The molecule has 0 radical (unpaired) electrons. The lowest BCUT2D eigenvalue weighted by atomic mass is 9.91. The van der Waals surface area contributed by atoms with Crippen LogP contribution in [-0.4, -0.2) is 104 Å². The quantitative estimate of drug-likeness (QED) is 0.114. The second-order valence-electron chi connectivity index (χ2n) is 13.3. The number of fused-ring (bicyclic) bond motifs is 1. The molecule has 2 fully saturated rings. The number of nitrogens with zero attached hydrogens (tertiary/aromatic N) is 10. The van der Waals surface area contributed by atoms with Crippen LogP contribution in [0.4, 0.5) is 22.2 Å². The molecule has 2 amide bonds. The molecule has 1 aliphatic heterocycles. The van der Waals surface area contributed by atoms with Gasteiger partial charge in [0.05, 0.1) is 24.3 Å². The lowest BCUT2D eigenvalue weighted by Crippen LogP contribution is -2.40. The smallest absolute Gasteiger partial charge is 0.319 e. The molecule has 1 saturated heterocycles. The van der Waals surface area contributed by atoms with Crippen LogP contribution in [-0.2, 0) is 6.61 Å². The fourth-order valence-corrected chi connectivity index (χ4v) is 7.21. The number of aromatic nitrogens is 9. The monoisotopic (exact) mass is 717 g/mol. The van der Waals surface area contributed by atoms with Crippen LogP contribution in [0.5, 0.6) is 0 Å². The van der Waals surface area contributed by atoms with E-state index in [1.165, 1.54) is 4.80 Å². The Kier molecular flexibility index (Phi) is 9.58. The molecule has 6 N–H and O–H groups in total. The standard InChI is InChI=1S/C36H39N13O4/c50-20-29-44-46-49(45-29)28-16-27(31(51)32(28)52)48-21-39-30-33(38-18-26(22-8-3-1-4-9-22)23-10-5-2-6-11-23)42-35(43-34(30)48)47-15-13-25(19-47)41-36(53)40-24-12-7-14-37-17-24/h1-12,14,17,21,25-28,31-32,50-52H,13,15-16,18-20H2,(H,38,42,43)(H2,40,41,53). The number of aliphatic hydroxyl groups excluding tert-OH is 3. The van der Waals surface area contributed by atoms with E-state index < -0.39 is 30.9 Å². The average Bonchev–Trinajstić information content (AvgIpc) is 4.00. The summed E-state index contributed by atoms with van der Waals surface area (Å²) in [7, 11) is 0. The van der Waals surface area contributed by atoms with Gasteiger partial charge in [-0.15, -0.1) is 10.2 Å². The lowest BCUT2D eigenvalue weighted by molar-refractivity contribution is 0.00469. The summed E-state index contributed by atoms with van der Waals surface area (Å²) in [6.45, 7) is 1.16. The summed E-state index contributed by atoms with van der Waals surface area (Å²) in [6, 6.07) is 22.2. The number of anilines is 3. The Morgan fingerprint density at radius 1 is 0.943 bits per heavy atom. The number of urea groups is 1. The Balaban J connectivity index is 1.10. The van der Waals surface area contributed by atoms with Gasteiger partial charge in [0.1, 0.15) is 24.9 Å². The van der Waals surface area contributed by atoms with Gasteiger partial charge in [-0.2, -0.15) is 14.8 Å². The largest absolute Gasteiger partial charge is 0.388 e. The van der Waals surface area contributed by atoms with Gasteiger partial charge in [0, 0.05) is 37.8 Å². The molecule has 0 spiro atoms. The minimum atomic E-state index is -1.21. The second-order valence-corrected chi connectivity index (χ2v) is 13.3. The van der Waals surface area contributed by atoms with Crippen LogP contribution in [0.25, 0.3) is 11.2 Å². The Morgan fingerprint density at radius 3 is 2.40 bits per heavy atom. The van der Waals surface area contributed by atoms with Crippen molar-refractivity contribution in [3.05, 3.63) is 108 Å². The number of nitrogens with one attached hydrogen (secondary N) is 3. The van der Waals surface area contributed by atoms with Gasteiger partial charge in [-0.05, 0) is 41.3 Å². The van der Waals surface area contributed by atoms with E-state index in [2.05, 4.69) is 60.6 Å². The number of carbonyl (C=O) groups excluding carboxylic acids is 1. The van der Waals surface area contributed by atoms with Crippen LogP contribution in [0.1, 0.15) is 47.8 Å². The summed E-state index contributed by atoms with van der Waals surface area (Å²) in [5, 5.41) is 53.3. The number of imidazole rings is 1. The summed E-state index contributed by atoms with van der Waals surface area (Å²) >= 11 is 0. The highest BCUT2D eigenvalue weighted by molar-refractivity contribution is 5.89. The molecule has 272 valence electrons. The third kappa shape index (κ3) is 7.09. The topological polar surface area (TPSA) is 217 Å². The van der Waals surface area contributed by atoms with E-state index in [9.17, 15) is 20.1 Å². The third-order valence-electron chi connectivity index (χ3n) is 9.90. The number of rotatable bonds is 11. The molecule has 4 aromatic heterocycles. The molecule has 8 rings (SSSR count). The van der Waals surface area contributed by atoms with Crippen LogP contribution >= 0.6 is 0 Å². The van der Waals surface area contributed by atoms with Crippen molar-refractivity contribution in [1.82, 2.24) is 50.0 Å². The molecule has 53 heavy (non-hydrogen) atoms. The number of amides is 2. The fraction of sp³-hybridized carbons (Fsp3) is 0.333. The predicted octanol–water partition coefficient (Wildman–Crippen LogP) is 2.25. The van der Waals surface area contributed by atoms with Crippen molar-refractivity contribution in [2.45, 2.75) is 55.7 Å². The minimum absolute atomic E-state index is 0.00167. The van der Waals surface area contributed by atoms with Crippen LogP contribution in [0.2, 0.25) is 0 Å². The Bertz CT molecular complexity index is 2110. The Morgan fingerprint density at radius 2 is 1.70 bits per heavy atom. The van der Waals surface area contributed by atoms with E-state index in [0.29, 0.717) is 54.7 Å². The SMILES string of the molecule is O=C(Nc1cccnc1)NC1CCN(c2nc(NCC(c3ccccc3)c3ccccc3)c3ncn(C4CC(n5nnc(CO)n5)C(O)C4O)c3n2)C1. The maximum Gasteiger partial charge on any atom is 0.319 e. The first-order valence-corrected chi connectivity index (χ1v) is 17.5. The van der Waals surface area contributed by atoms with Gasteiger partial charge in [-0.3, -0.25) is 4.98 Å². The number of pyridine rings is 1. The Labute approximate surface area is 303 Å². The minimum Gasteiger partial charge on any atom is -0.388 e. The van der Waals surface area contributed by atoms with Crippen molar-refractivity contribution in [2.24, 2.45) is 0 Å². The van der Waals surface area contributed by atoms with E-state index in [-0.39, 0.29) is 30.2 Å². The molecule has 17 nitrogen and oxygen atoms in total. The number of hydrogen-bond donors (Lipinski definition) is 6. The zero-order valence-electron chi connectivity index (χ0n) is 28.6. The van der Waals surface area contributed by atoms with E-state index in [0.717, 1.165) is 11.1 Å². The van der Waals surface area contributed by atoms with Crippen LogP contribution in [0, 0.1) is 0 Å². The molecule has 0 bridgehead atoms. The first-order valence-electron chi connectivity index (χ1n) is 17.5. The van der Waals surface area contributed by atoms with Crippen LogP contribution in [0.15, 0.2) is 91.5 Å². The number of tetrazole rings is 1. The van der Waals surface area contributed by atoms with Crippen molar-refractivity contribution >= 4 is 34.6 Å². The zero-order valence-corrected chi connectivity index (χ0v) is 28.6. The van der Waals surface area contributed by atoms with Crippen molar-refractivity contribution < 1.29 is 20.1 Å². The van der Waals surface area contributed by atoms with E-state index in [4.69, 9.17) is 15.0 Å². The zero-order chi connectivity index (χ0) is 36.3. The van der Waals surface area contributed by atoms with Gasteiger partial charge in [0.25, 0.3) is 0 Å². The van der Waals surface area contributed by atoms with Gasteiger partial charge < -0.3 is 40.7 Å². The highest BCUT2D eigenvalue weighted by atomic mass is 16.3. The van der Waals surface area contributed by atoms with Gasteiger partial charge >= 0.3 is 6.03 Å². The molecule has 6 aromatic rings. The molecule has 2 aliphatic rings. The molecule has 2 aromatic carbocycles. The van der Waals surface area contributed by atoms with Gasteiger partial charge in [0.2, 0.25) is 5.95 Å². The summed E-state index contributed by atoms with van der Waals surface area (Å²) < 4.78 is 1.77. The highest BCUT2D eigenvalue weighted by Crippen LogP contribution is 2.40. The van der Waals surface area contributed by atoms with E-state index in [1.54, 1.807) is 35.4 Å². The number of carbonyl (C=O) groups is 1. The van der Waals surface area contributed by atoms with Gasteiger partial charge in [0.15, 0.2) is 22.8 Å². The van der Waals surface area contributed by atoms with Crippen molar-refractivity contribution in [3.63, 3.8) is 0 Å². The molecule has 5 unspecified atom stereocenters. The molecule has 5 heterocycles. The normalized spacial score (nSPS) is 21.4. The van der Waals surface area contributed by atoms with E-state index in [1.807, 2.05) is 41.3 Å². The average molecular weight is 718 g/mol. The third-order valence-corrected chi connectivity index (χ3v) is 9.90. The number of hydrogen-bond acceptors (Lipinski definition) is 13. The van der Waals surface area contributed by atoms with Crippen LogP contribution < -0.4 is 20.9 Å². The van der Waals surface area contributed by atoms with E-state index >= 15 is 0 Å². The number of benzene rings is 2. The maximum absolute atomic E-state index is 12.8. The molecule has 1 saturated carbocycles. The summed E-state index contributed by atoms with van der Waals surface area (Å²) in [4.78, 5) is 34.8. The maximum atomic E-state index is 12.8. The molecular formula is C36H39N13O4. The van der Waals surface area contributed by atoms with Gasteiger partial charge in [-0.1, -0.05) is 60.7 Å². The molecule has 17 heteroatoms. The highest BCUT2D eigenvalue weighted by Gasteiger charge is 2.45. The predicted molar refractivity (Wildman–Crippen MR) is 194 cm³/mol. The summed E-state index contributed by atoms with van der Waals surface area (Å²) in [5.41, 5.74) is 3.85. The summed E-state index contributed by atoms with van der Waals surface area (Å²) in [5.74, 6) is 1.07. The Hall–Kier alpha value is -6.04. The van der Waals surface area contributed by atoms with Crippen molar-refractivity contribution in [1.29, 1.82) is 0 Å². The van der Waals surface area contributed by atoms with Crippen molar-refractivity contribution in [3.8, 4) is 0 Å². The molecular weight excluding hydrogens is 678 g/mol. The summed E-state index contributed by atoms with van der Waals surface area (Å²) in [6.07, 6.45) is 3.34. The molecule has 1 aliphatic carbocycles. The van der Waals surface area contributed by atoms with Crippen molar-refractivity contribution in [2.75, 3.05) is 35.2 Å². The number of aliphatic hydroxyl groups is 3. The first-order chi connectivity index (χ1) is 25.9. The van der Waals surface area contributed by atoms with Gasteiger partial charge in [-0.25, -0.2) is 9.78 Å².